The highest BCUT2D eigenvalue weighted by molar-refractivity contribution is 6.25. The molecule has 0 saturated heterocycles. The van der Waals surface area contributed by atoms with Crippen LogP contribution in [-0.2, 0) is 16.0 Å². The quantitative estimate of drug-likeness (QED) is 0.189. The van der Waals surface area contributed by atoms with E-state index < -0.39 is 69.9 Å². The van der Waals surface area contributed by atoms with Crippen molar-refractivity contribution in [3.8, 4) is 17.2 Å². The molecule has 8 N–H and O–H groups in total. The fraction of sp³-hybridized carbons (Fsp3) is 0.333. The molecule has 14 heteroatoms. The van der Waals surface area contributed by atoms with Crippen molar-refractivity contribution in [3.05, 3.63) is 64.1 Å². The van der Waals surface area contributed by atoms with Crippen molar-refractivity contribution in [2.45, 2.75) is 24.5 Å². The molecule has 44 heavy (non-hydrogen) atoms. The first kappa shape index (κ1) is 30.4. The van der Waals surface area contributed by atoms with Gasteiger partial charge in [0.1, 0.15) is 28.6 Å². The number of allylic oxidation sites excluding steroid dienone is 1. The maximum Gasteiger partial charge on any atom is 0.417 e. The zero-order valence-corrected chi connectivity index (χ0v) is 24.3. The third-order valence-electron chi connectivity index (χ3n) is 8.46. The number of benzene rings is 2. The van der Waals surface area contributed by atoms with Gasteiger partial charge in [-0.3, -0.25) is 24.6 Å². The molecule has 3 aliphatic carbocycles. The summed E-state index contributed by atoms with van der Waals surface area (Å²) in [5.41, 5.74) is 1.77. The molecular weight excluding hydrogens is 576 g/mol. The van der Waals surface area contributed by atoms with Crippen LogP contribution < -0.4 is 20.7 Å². The Kier molecular flexibility index (Phi) is 7.30. The zero-order valence-electron chi connectivity index (χ0n) is 24.3. The standard InChI is InChI=1S/C30H32N4O10/c1-33(2)18-11-17(32-29(42)44-14-7-5-13(35)6-8-14)23(36)20-15(18)9-12-10-16-22(34(3)4)25(38)21(28(31)41)27(40)30(16,43)26(39)19(12)24(20)37/h5-8,11-12,16,22,35-36,38-39,43H,9-10H2,1-4H3,(H2,31,41)(H,32,42)/t12-,16-,22-,30-/m0/s1. The lowest BCUT2D eigenvalue weighted by atomic mass is 9.58. The molecule has 2 aromatic carbocycles. The molecule has 2 amide bonds. The van der Waals surface area contributed by atoms with E-state index in [4.69, 9.17) is 10.5 Å². The van der Waals surface area contributed by atoms with Gasteiger partial charge >= 0.3 is 6.09 Å². The monoisotopic (exact) mass is 608 g/mol. The number of Topliss-reactive ketones (excluding diaryl/α,β-unsaturated/α-hetero) is 2. The van der Waals surface area contributed by atoms with Crippen LogP contribution in [0.5, 0.6) is 17.2 Å². The summed E-state index contributed by atoms with van der Waals surface area (Å²) >= 11 is 0. The Morgan fingerprint density at radius 2 is 1.68 bits per heavy atom. The molecular formula is C30H32N4O10. The number of amides is 2. The highest BCUT2D eigenvalue weighted by Crippen LogP contribution is 2.54. The molecule has 0 aromatic heterocycles. The molecule has 4 atom stereocenters. The number of ketones is 2. The first-order valence-corrected chi connectivity index (χ1v) is 13.6. The van der Waals surface area contributed by atoms with Crippen LogP contribution in [-0.4, -0.2) is 93.8 Å². The summed E-state index contributed by atoms with van der Waals surface area (Å²) in [7, 11) is 6.48. The number of nitrogens with two attached hydrogens (primary N) is 1. The molecule has 3 aliphatic rings. The lowest BCUT2D eigenvalue weighted by molar-refractivity contribution is -0.148. The molecule has 0 heterocycles. The topological polar surface area (TPSA) is 223 Å². The van der Waals surface area contributed by atoms with E-state index in [1.165, 1.54) is 35.2 Å². The summed E-state index contributed by atoms with van der Waals surface area (Å²) < 4.78 is 5.20. The largest absolute Gasteiger partial charge is 0.510 e. The van der Waals surface area contributed by atoms with Gasteiger partial charge in [-0.2, -0.15) is 0 Å². The number of primary amides is 1. The van der Waals surface area contributed by atoms with E-state index in [1.54, 1.807) is 33.1 Å². The number of nitrogens with zero attached hydrogens (tertiary/aromatic N) is 2. The normalized spacial score (nSPS) is 24.5. The summed E-state index contributed by atoms with van der Waals surface area (Å²) in [4.78, 5) is 55.5. The minimum Gasteiger partial charge on any atom is -0.510 e. The first-order valence-electron chi connectivity index (χ1n) is 13.6. The Balaban J connectivity index is 1.62. The Morgan fingerprint density at radius 3 is 2.25 bits per heavy atom. The van der Waals surface area contributed by atoms with Crippen LogP contribution in [0.1, 0.15) is 22.3 Å². The number of likely N-dealkylation sites (N-methyl/N-ethyl adjacent to an activating group) is 1. The number of hydrogen-bond acceptors (Lipinski definition) is 12. The van der Waals surface area contributed by atoms with Gasteiger partial charge in [-0.15, -0.1) is 0 Å². The number of aliphatic hydroxyl groups excluding tert-OH is 2. The number of aromatic hydroxyl groups is 2. The molecule has 0 aliphatic heterocycles. The van der Waals surface area contributed by atoms with Gasteiger partial charge in [0.25, 0.3) is 5.91 Å². The Hall–Kier alpha value is -5.08. The van der Waals surface area contributed by atoms with Crippen LogP contribution in [0.4, 0.5) is 16.2 Å². The minimum atomic E-state index is -2.77. The Bertz CT molecular complexity index is 1680. The van der Waals surface area contributed by atoms with E-state index in [0.29, 0.717) is 11.3 Å². The van der Waals surface area contributed by atoms with Crippen molar-refractivity contribution in [1.82, 2.24) is 4.90 Å². The summed E-state index contributed by atoms with van der Waals surface area (Å²) in [5, 5.41) is 57.3. The second-order valence-electron chi connectivity index (χ2n) is 11.5. The van der Waals surface area contributed by atoms with Crippen LogP contribution in [0.25, 0.3) is 0 Å². The van der Waals surface area contributed by atoms with Crippen molar-refractivity contribution in [3.63, 3.8) is 0 Å². The highest BCUT2D eigenvalue weighted by atomic mass is 16.6. The van der Waals surface area contributed by atoms with Crippen molar-refractivity contribution in [2.24, 2.45) is 17.6 Å². The SMILES string of the molecule is CN(C)c1cc(NC(=O)Oc2ccc(O)cc2)c(O)c2c1C[C@H]1C[C@H]3[C@H](N(C)C)C(O)=C(C(N)=O)C(=O)[C@@]3(O)C(O)=C1C2=O. The fourth-order valence-corrected chi connectivity index (χ4v) is 6.55. The lowest BCUT2D eigenvalue weighted by Crippen LogP contribution is -2.63. The number of anilines is 2. The van der Waals surface area contributed by atoms with Crippen molar-refractivity contribution in [2.75, 3.05) is 38.4 Å². The third kappa shape index (κ3) is 4.50. The molecule has 0 radical (unpaired) electrons. The first-order chi connectivity index (χ1) is 20.6. The number of carbonyl (C=O) groups excluding carboxylic acids is 4. The number of phenolic OH excluding ortho intramolecular Hbond substituents is 2. The molecule has 232 valence electrons. The molecule has 14 nitrogen and oxygen atoms in total. The second kappa shape index (κ2) is 10.6. The highest BCUT2D eigenvalue weighted by Gasteiger charge is 2.63. The van der Waals surface area contributed by atoms with Gasteiger partial charge in [-0.05, 0) is 68.8 Å². The predicted molar refractivity (Wildman–Crippen MR) is 156 cm³/mol. The molecule has 5 rings (SSSR count). The predicted octanol–water partition coefficient (Wildman–Crippen LogP) is 1.50. The summed E-state index contributed by atoms with van der Waals surface area (Å²) in [6.07, 6.45) is -0.992. The lowest BCUT2D eigenvalue weighted by Gasteiger charge is -2.50. The second-order valence-corrected chi connectivity index (χ2v) is 11.5. The van der Waals surface area contributed by atoms with Gasteiger partial charge in [0.15, 0.2) is 17.1 Å². The molecule has 0 saturated carbocycles. The summed E-state index contributed by atoms with van der Waals surface area (Å²) in [5.74, 6) is -7.68. The number of hydrogen-bond donors (Lipinski definition) is 7. The maximum absolute atomic E-state index is 14.1. The van der Waals surface area contributed by atoms with Gasteiger partial charge in [0.05, 0.1) is 17.3 Å². The zero-order chi connectivity index (χ0) is 32.4. The third-order valence-corrected chi connectivity index (χ3v) is 8.46. The number of rotatable bonds is 5. The van der Waals surface area contributed by atoms with Gasteiger partial charge in [0, 0.05) is 31.3 Å². The number of fused-ring (bicyclic) bond motifs is 3. The van der Waals surface area contributed by atoms with E-state index in [-0.39, 0.29) is 41.2 Å². The van der Waals surface area contributed by atoms with E-state index >= 15 is 0 Å². The smallest absolute Gasteiger partial charge is 0.417 e. The van der Waals surface area contributed by atoms with Crippen LogP contribution in [0.2, 0.25) is 0 Å². The van der Waals surface area contributed by atoms with Crippen LogP contribution in [0.3, 0.4) is 0 Å². The minimum absolute atomic E-state index is 0.0420. The average Bonchev–Trinajstić information content (AvgIpc) is 2.93. The Labute approximate surface area is 251 Å². The van der Waals surface area contributed by atoms with Gasteiger partial charge < -0.3 is 40.9 Å². The van der Waals surface area contributed by atoms with E-state index in [9.17, 15) is 44.7 Å². The Morgan fingerprint density at radius 1 is 1.05 bits per heavy atom. The summed E-state index contributed by atoms with van der Waals surface area (Å²) in [6.45, 7) is 0. The van der Waals surface area contributed by atoms with Crippen molar-refractivity contribution < 1.29 is 49.4 Å². The fourth-order valence-electron chi connectivity index (χ4n) is 6.55. The maximum atomic E-state index is 14.1. The molecule has 0 spiro atoms. The van der Waals surface area contributed by atoms with Crippen LogP contribution in [0, 0.1) is 11.8 Å². The molecule has 0 unspecified atom stereocenters. The molecule has 0 fully saturated rings. The van der Waals surface area contributed by atoms with Gasteiger partial charge in [-0.1, -0.05) is 0 Å². The number of aliphatic hydroxyl groups is 3. The van der Waals surface area contributed by atoms with Gasteiger partial charge in [0.2, 0.25) is 5.78 Å². The number of ether oxygens (including phenoxy) is 1. The number of phenols is 2. The van der Waals surface area contributed by atoms with Crippen LogP contribution >= 0.6 is 0 Å². The van der Waals surface area contributed by atoms with E-state index in [0.717, 1.165) is 0 Å². The number of carbonyl (C=O) groups is 4. The van der Waals surface area contributed by atoms with E-state index in [2.05, 4.69) is 5.32 Å². The average molecular weight is 609 g/mol. The summed E-state index contributed by atoms with van der Waals surface area (Å²) in [6, 6.07) is 5.66. The molecule has 0 bridgehead atoms. The van der Waals surface area contributed by atoms with E-state index in [1.807, 2.05) is 0 Å². The number of nitrogens with one attached hydrogen (secondary N) is 1. The van der Waals surface area contributed by atoms with Crippen LogP contribution in [0.15, 0.2) is 53.0 Å². The van der Waals surface area contributed by atoms with Crippen molar-refractivity contribution in [1.29, 1.82) is 0 Å². The van der Waals surface area contributed by atoms with Crippen molar-refractivity contribution >= 4 is 34.9 Å². The van der Waals surface area contributed by atoms with Gasteiger partial charge in [-0.25, -0.2) is 4.79 Å². The molecule has 2 aromatic rings.